The predicted molar refractivity (Wildman–Crippen MR) is 64.5 cm³/mol. The minimum Gasteiger partial charge on any atom is -0.480 e. The monoisotopic (exact) mass is 238 g/mol. The third kappa shape index (κ3) is 3.27. The normalized spacial score (nSPS) is 10.4. The number of hydrogen-bond donors (Lipinski definition) is 3. The first kappa shape index (κ1) is 13.2. The van der Waals surface area contributed by atoms with Crippen molar-refractivity contribution in [3.63, 3.8) is 0 Å². The van der Waals surface area contributed by atoms with Crippen LogP contribution in [0.3, 0.4) is 0 Å². The average Bonchev–Trinajstić information content (AvgIpc) is 2.25. The van der Waals surface area contributed by atoms with Crippen molar-refractivity contribution in [1.29, 1.82) is 5.41 Å². The Labute approximate surface area is 99.0 Å². The lowest BCUT2D eigenvalue weighted by Crippen LogP contribution is -2.14. The van der Waals surface area contributed by atoms with E-state index in [1.165, 1.54) is 6.07 Å². The van der Waals surface area contributed by atoms with Crippen LogP contribution in [0.1, 0.15) is 30.9 Å². The van der Waals surface area contributed by atoms with Crippen LogP contribution in [0.5, 0.6) is 0 Å². The van der Waals surface area contributed by atoms with Crippen LogP contribution in [-0.2, 0) is 4.79 Å². The Balaban J connectivity index is 3.09. The van der Waals surface area contributed by atoms with Crippen molar-refractivity contribution in [1.82, 2.24) is 0 Å². The topological polar surface area (TPSA) is 73.2 Å². The molecule has 1 aromatic rings. The molecule has 0 aliphatic rings. The number of carbonyl (C=O) groups is 1. The fraction of sp³-hybridized carbons (Fsp3) is 0.333. The first-order chi connectivity index (χ1) is 7.95. The average molecular weight is 238 g/mol. The van der Waals surface area contributed by atoms with Crippen LogP contribution in [0.2, 0.25) is 0 Å². The zero-order chi connectivity index (χ0) is 13.0. The van der Waals surface area contributed by atoms with Crippen molar-refractivity contribution >= 4 is 17.9 Å². The summed E-state index contributed by atoms with van der Waals surface area (Å²) in [6.07, 6.45) is 1.08. The predicted octanol–water partition coefficient (Wildman–Crippen LogP) is 2.44. The molecule has 0 unspecified atom stereocenters. The van der Waals surface area contributed by atoms with E-state index in [0.29, 0.717) is 16.8 Å². The minimum absolute atomic E-state index is 0.0159. The van der Waals surface area contributed by atoms with Gasteiger partial charge in [-0.05, 0) is 23.6 Å². The standard InChI is InChI=1S/C12H15FN2O2/c1-7(2)9-3-8(5-14)11(4-10(9)13)15-6-12(16)17/h3-5,7,14-15H,6H2,1-2H3,(H,16,17). The molecule has 0 spiro atoms. The molecule has 5 heteroatoms. The number of halogens is 1. The van der Waals surface area contributed by atoms with Gasteiger partial charge in [0.15, 0.2) is 0 Å². The van der Waals surface area contributed by atoms with E-state index in [9.17, 15) is 9.18 Å². The second-order valence-electron chi connectivity index (χ2n) is 4.01. The zero-order valence-electron chi connectivity index (χ0n) is 9.75. The number of anilines is 1. The van der Waals surface area contributed by atoms with E-state index in [2.05, 4.69) is 5.32 Å². The van der Waals surface area contributed by atoms with Gasteiger partial charge in [0.25, 0.3) is 0 Å². The molecule has 0 heterocycles. The van der Waals surface area contributed by atoms with Crippen LogP contribution in [0.4, 0.5) is 10.1 Å². The van der Waals surface area contributed by atoms with Crippen LogP contribution < -0.4 is 5.32 Å². The number of aliphatic carboxylic acids is 1. The molecule has 0 bridgehead atoms. The first-order valence-corrected chi connectivity index (χ1v) is 5.25. The van der Waals surface area contributed by atoms with E-state index in [0.717, 1.165) is 6.21 Å². The van der Waals surface area contributed by atoms with Gasteiger partial charge in [0.1, 0.15) is 12.4 Å². The van der Waals surface area contributed by atoms with Crippen LogP contribution in [0, 0.1) is 11.2 Å². The van der Waals surface area contributed by atoms with Gasteiger partial charge in [-0.3, -0.25) is 4.79 Å². The van der Waals surface area contributed by atoms with Crippen LogP contribution in [0.15, 0.2) is 12.1 Å². The molecular weight excluding hydrogens is 223 g/mol. The van der Waals surface area contributed by atoms with Gasteiger partial charge in [0, 0.05) is 17.5 Å². The maximum absolute atomic E-state index is 13.7. The highest BCUT2D eigenvalue weighted by molar-refractivity contribution is 5.87. The Morgan fingerprint density at radius 2 is 2.24 bits per heavy atom. The molecular formula is C12H15FN2O2. The summed E-state index contributed by atoms with van der Waals surface area (Å²) in [5, 5.41) is 18.4. The summed E-state index contributed by atoms with van der Waals surface area (Å²) in [7, 11) is 0. The van der Waals surface area contributed by atoms with Gasteiger partial charge < -0.3 is 15.8 Å². The highest BCUT2D eigenvalue weighted by Gasteiger charge is 2.11. The molecule has 92 valence electrons. The van der Waals surface area contributed by atoms with Gasteiger partial charge in [0.2, 0.25) is 0 Å². The third-order valence-corrected chi connectivity index (χ3v) is 2.38. The number of carboxylic acids is 1. The summed E-state index contributed by atoms with van der Waals surface area (Å²) in [4.78, 5) is 10.4. The lowest BCUT2D eigenvalue weighted by Gasteiger charge is -2.13. The van der Waals surface area contributed by atoms with E-state index in [-0.39, 0.29) is 12.5 Å². The molecule has 1 aromatic carbocycles. The van der Waals surface area contributed by atoms with E-state index >= 15 is 0 Å². The van der Waals surface area contributed by atoms with Gasteiger partial charge in [-0.2, -0.15) is 0 Å². The summed E-state index contributed by atoms with van der Waals surface area (Å²) < 4.78 is 13.7. The van der Waals surface area contributed by atoms with Crippen molar-refractivity contribution in [3.8, 4) is 0 Å². The zero-order valence-corrected chi connectivity index (χ0v) is 9.75. The quantitative estimate of drug-likeness (QED) is 0.690. The Morgan fingerprint density at radius 3 is 2.71 bits per heavy atom. The Morgan fingerprint density at radius 1 is 1.59 bits per heavy atom. The second kappa shape index (κ2) is 5.43. The van der Waals surface area contributed by atoms with Crippen molar-refractivity contribution in [3.05, 3.63) is 29.1 Å². The second-order valence-corrected chi connectivity index (χ2v) is 4.01. The lowest BCUT2D eigenvalue weighted by molar-refractivity contribution is -0.134. The Kier molecular flexibility index (Phi) is 4.20. The van der Waals surface area contributed by atoms with Gasteiger partial charge in [-0.25, -0.2) is 4.39 Å². The first-order valence-electron chi connectivity index (χ1n) is 5.25. The maximum Gasteiger partial charge on any atom is 0.322 e. The molecule has 0 aliphatic heterocycles. The molecule has 3 N–H and O–H groups in total. The molecule has 0 aromatic heterocycles. The highest BCUT2D eigenvalue weighted by Crippen LogP contribution is 2.24. The Hall–Kier alpha value is -1.91. The fourth-order valence-corrected chi connectivity index (χ4v) is 1.49. The Bertz CT molecular complexity index is 444. The van der Waals surface area contributed by atoms with Crippen molar-refractivity contribution in [2.75, 3.05) is 11.9 Å². The van der Waals surface area contributed by atoms with Crippen LogP contribution in [0.25, 0.3) is 0 Å². The van der Waals surface area contributed by atoms with Crippen molar-refractivity contribution in [2.24, 2.45) is 0 Å². The number of benzene rings is 1. The van der Waals surface area contributed by atoms with Gasteiger partial charge in [-0.1, -0.05) is 13.8 Å². The van der Waals surface area contributed by atoms with Gasteiger partial charge >= 0.3 is 5.97 Å². The van der Waals surface area contributed by atoms with Crippen LogP contribution >= 0.6 is 0 Å². The molecule has 4 nitrogen and oxygen atoms in total. The number of carboxylic acid groups (broad SMARTS) is 1. The van der Waals surface area contributed by atoms with Crippen molar-refractivity contribution < 1.29 is 14.3 Å². The van der Waals surface area contributed by atoms with Crippen LogP contribution in [-0.4, -0.2) is 23.8 Å². The summed E-state index contributed by atoms with van der Waals surface area (Å²) in [6.45, 7) is 3.41. The lowest BCUT2D eigenvalue weighted by atomic mass is 9.99. The third-order valence-electron chi connectivity index (χ3n) is 2.38. The molecule has 0 amide bonds. The summed E-state index contributed by atoms with van der Waals surface area (Å²) in [6, 6.07) is 2.80. The summed E-state index contributed by atoms with van der Waals surface area (Å²) >= 11 is 0. The smallest absolute Gasteiger partial charge is 0.322 e. The molecule has 0 saturated heterocycles. The summed E-state index contributed by atoms with van der Waals surface area (Å²) in [5.74, 6) is -1.41. The molecule has 0 fully saturated rings. The SMILES string of the molecule is CC(C)c1cc(C=N)c(NCC(=O)O)cc1F. The van der Waals surface area contributed by atoms with Gasteiger partial charge in [-0.15, -0.1) is 0 Å². The maximum atomic E-state index is 13.7. The molecule has 0 atom stereocenters. The van der Waals surface area contributed by atoms with E-state index < -0.39 is 11.8 Å². The molecule has 0 radical (unpaired) electrons. The van der Waals surface area contributed by atoms with E-state index in [1.807, 2.05) is 13.8 Å². The van der Waals surface area contributed by atoms with E-state index in [4.69, 9.17) is 10.5 Å². The minimum atomic E-state index is -1.03. The number of rotatable bonds is 5. The van der Waals surface area contributed by atoms with E-state index in [1.54, 1.807) is 6.07 Å². The fourth-order valence-electron chi connectivity index (χ4n) is 1.49. The molecule has 17 heavy (non-hydrogen) atoms. The molecule has 0 saturated carbocycles. The summed E-state index contributed by atoms with van der Waals surface area (Å²) in [5.41, 5.74) is 1.32. The highest BCUT2D eigenvalue weighted by atomic mass is 19.1. The van der Waals surface area contributed by atoms with Crippen molar-refractivity contribution in [2.45, 2.75) is 19.8 Å². The molecule has 0 aliphatic carbocycles. The number of hydrogen-bond acceptors (Lipinski definition) is 3. The molecule has 1 rings (SSSR count). The largest absolute Gasteiger partial charge is 0.480 e. The number of nitrogens with one attached hydrogen (secondary N) is 2. The van der Waals surface area contributed by atoms with Gasteiger partial charge in [0.05, 0.1) is 0 Å².